The third-order valence-electron chi connectivity index (χ3n) is 8.73. The molecule has 206 valence electrons. The van der Waals surface area contributed by atoms with Gasteiger partial charge in [0, 0.05) is 25.8 Å². The smallest absolute Gasteiger partial charge is 0.253 e. The maximum Gasteiger partial charge on any atom is 0.253 e. The van der Waals surface area contributed by atoms with E-state index in [2.05, 4.69) is 13.2 Å². The van der Waals surface area contributed by atoms with E-state index in [0.29, 0.717) is 24.4 Å². The molecule has 9 heteroatoms. The lowest BCUT2D eigenvalue weighted by atomic mass is 9.62. The summed E-state index contributed by atoms with van der Waals surface area (Å²) in [5.41, 5.74) is -1.50. The van der Waals surface area contributed by atoms with Crippen molar-refractivity contribution in [2.75, 3.05) is 38.8 Å². The number of benzene rings is 1. The summed E-state index contributed by atoms with van der Waals surface area (Å²) in [6, 6.07) is 5.41. The van der Waals surface area contributed by atoms with Gasteiger partial charge in [-0.25, -0.2) is 0 Å². The molecule has 1 aromatic carbocycles. The van der Waals surface area contributed by atoms with E-state index in [0.717, 1.165) is 0 Å². The molecule has 0 aromatic heterocycles. The van der Waals surface area contributed by atoms with Gasteiger partial charge in [0.05, 0.1) is 37.2 Å². The Morgan fingerprint density at radius 2 is 1.87 bits per heavy atom. The van der Waals surface area contributed by atoms with E-state index in [-0.39, 0.29) is 36.8 Å². The molecular weight excluding hydrogens is 486 g/mol. The van der Waals surface area contributed by atoms with Gasteiger partial charge in [0.1, 0.15) is 17.4 Å². The lowest BCUT2D eigenvalue weighted by molar-refractivity contribution is -0.152. The highest BCUT2D eigenvalue weighted by Crippen LogP contribution is 2.65. The number of nitrogens with zero attached hydrogens (tertiary/aromatic N) is 3. The molecule has 0 saturated carbocycles. The summed E-state index contributed by atoms with van der Waals surface area (Å²) in [6.07, 6.45) is 3.71. The van der Waals surface area contributed by atoms with E-state index in [9.17, 15) is 19.5 Å². The standard InChI is InChI=1S/C29H39N3O6/c1-8-14-30(6)25(34)22-23-26(35)32(19(4)17-33)24(29(23)16-18(3)28(22,5)38-29)27(36)31(15-9-2)20-10-12-21(37-7)13-11-20/h8-13,18-19,22-24,33H,1-2,14-17H2,3-7H3/t18?,19-,22-,23+,24?,28+,29?/m1/s1. The van der Waals surface area contributed by atoms with Crippen LogP contribution >= 0.6 is 0 Å². The molecule has 0 aliphatic carbocycles. The highest BCUT2D eigenvalue weighted by atomic mass is 16.5. The van der Waals surface area contributed by atoms with Crippen molar-refractivity contribution in [3.63, 3.8) is 0 Å². The summed E-state index contributed by atoms with van der Waals surface area (Å²) in [5, 5.41) is 10.1. The minimum atomic E-state index is -1.20. The van der Waals surface area contributed by atoms with Crippen LogP contribution in [-0.2, 0) is 19.1 Å². The van der Waals surface area contributed by atoms with Gasteiger partial charge < -0.3 is 29.3 Å². The first kappa shape index (κ1) is 27.9. The van der Waals surface area contributed by atoms with E-state index in [1.807, 2.05) is 13.8 Å². The van der Waals surface area contributed by atoms with Gasteiger partial charge in [0.15, 0.2) is 0 Å². The fraction of sp³-hybridized carbons (Fsp3) is 0.552. The molecule has 3 amide bonds. The Labute approximate surface area is 224 Å². The van der Waals surface area contributed by atoms with E-state index in [1.54, 1.807) is 67.3 Å². The predicted octanol–water partition coefficient (Wildman–Crippen LogP) is 2.25. The average Bonchev–Trinajstić information content (AvgIpc) is 3.42. The van der Waals surface area contributed by atoms with Crippen LogP contribution < -0.4 is 9.64 Å². The zero-order valence-corrected chi connectivity index (χ0v) is 22.9. The monoisotopic (exact) mass is 525 g/mol. The molecule has 4 rings (SSSR count). The van der Waals surface area contributed by atoms with Crippen molar-refractivity contribution in [3.8, 4) is 5.75 Å². The van der Waals surface area contributed by atoms with E-state index >= 15 is 0 Å². The normalized spacial score (nSPS) is 32.1. The van der Waals surface area contributed by atoms with Crippen molar-refractivity contribution < 1.29 is 29.0 Å². The summed E-state index contributed by atoms with van der Waals surface area (Å²) in [4.78, 5) is 47.0. The second-order valence-electron chi connectivity index (χ2n) is 10.9. The third-order valence-corrected chi connectivity index (χ3v) is 8.73. The van der Waals surface area contributed by atoms with E-state index < -0.39 is 35.1 Å². The maximum absolute atomic E-state index is 14.5. The van der Waals surface area contributed by atoms with Crippen molar-refractivity contribution >= 4 is 23.4 Å². The molecule has 1 aromatic rings. The number of ether oxygens (including phenoxy) is 2. The molecule has 3 unspecified atom stereocenters. The van der Waals surface area contributed by atoms with Crippen LogP contribution in [0.3, 0.4) is 0 Å². The number of likely N-dealkylation sites (N-methyl/N-ethyl adjacent to an activating group) is 1. The van der Waals surface area contributed by atoms with Crippen LogP contribution in [0.4, 0.5) is 5.69 Å². The van der Waals surface area contributed by atoms with Gasteiger partial charge in [-0.05, 0) is 50.5 Å². The molecule has 38 heavy (non-hydrogen) atoms. The number of methoxy groups -OCH3 is 1. The zero-order valence-electron chi connectivity index (χ0n) is 22.9. The van der Waals surface area contributed by atoms with Crippen molar-refractivity contribution in [3.05, 3.63) is 49.6 Å². The van der Waals surface area contributed by atoms with Crippen molar-refractivity contribution in [2.24, 2.45) is 17.8 Å². The van der Waals surface area contributed by atoms with Gasteiger partial charge >= 0.3 is 0 Å². The molecule has 1 N–H and O–H groups in total. The lowest BCUT2D eigenvalue weighted by Gasteiger charge is -2.39. The number of hydrogen-bond acceptors (Lipinski definition) is 6. The molecule has 1 spiro atoms. The van der Waals surface area contributed by atoms with Crippen molar-refractivity contribution in [1.29, 1.82) is 0 Å². The highest BCUT2D eigenvalue weighted by molar-refractivity contribution is 6.05. The number of likely N-dealkylation sites (tertiary alicyclic amines) is 1. The Hall–Kier alpha value is -3.17. The number of hydrogen-bond donors (Lipinski definition) is 1. The maximum atomic E-state index is 14.5. The van der Waals surface area contributed by atoms with Gasteiger partial charge in [0.2, 0.25) is 11.8 Å². The van der Waals surface area contributed by atoms with Crippen LogP contribution in [-0.4, -0.2) is 89.8 Å². The lowest BCUT2D eigenvalue weighted by Crippen LogP contribution is -2.58. The van der Waals surface area contributed by atoms with Crippen LogP contribution in [0.1, 0.15) is 27.2 Å². The first-order chi connectivity index (χ1) is 18.0. The summed E-state index contributed by atoms with van der Waals surface area (Å²) in [6.45, 7) is 13.4. The second kappa shape index (κ2) is 10.2. The van der Waals surface area contributed by atoms with Crippen molar-refractivity contribution in [2.45, 2.75) is 50.5 Å². The number of aliphatic hydroxyl groups is 1. The molecule has 2 bridgehead atoms. The average molecular weight is 526 g/mol. The van der Waals surface area contributed by atoms with Gasteiger partial charge in [-0.2, -0.15) is 0 Å². The van der Waals surface area contributed by atoms with Gasteiger partial charge in [-0.15, -0.1) is 13.2 Å². The fourth-order valence-electron chi connectivity index (χ4n) is 6.78. The van der Waals surface area contributed by atoms with Crippen LogP contribution in [0.15, 0.2) is 49.6 Å². The number of fused-ring (bicyclic) bond motifs is 1. The zero-order chi connectivity index (χ0) is 28.0. The Balaban J connectivity index is 1.84. The number of anilines is 1. The van der Waals surface area contributed by atoms with Gasteiger partial charge in [0.25, 0.3) is 5.91 Å². The Morgan fingerprint density at radius 1 is 1.24 bits per heavy atom. The Bertz CT molecular complexity index is 1120. The molecule has 3 heterocycles. The minimum absolute atomic E-state index is 0.0776. The Morgan fingerprint density at radius 3 is 2.42 bits per heavy atom. The largest absolute Gasteiger partial charge is 0.497 e. The second-order valence-corrected chi connectivity index (χ2v) is 10.9. The molecule has 3 aliphatic heterocycles. The molecule has 9 nitrogen and oxygen atoms in total. The van der Waals surface area contributed by atoms with E-state index in [4.69, 9.17) is 9.47 Å². The minimum Gasteiger partial charge on any atom is -0.497 e. The topological polar surface area (TPSA) is 99.6 Å². The van der Waals surface area contributed by atoms with Crippen molar-refractivity contribution in [1.82, 2.24) is 9.80 Å². The van der Waals surface area contributed by atoms with E-state index in [1.165, 1.54) is 4.90 Å². The molecule has 0 radical (unpaired) electrons. The number of amides is 3. The van der Waals surface area contributed by atoms with Gasteiger partial charge in [-0.3, -0.25) is 14.4 Å². The fourth-order valence-corrected chi connectivity index (χ4v) is 6.78. The van der Waals surface area contributed by atoms with Gasteiger partial charge in [-0.1, -0.05) is 19.1 Å². The number of aliphatic hydroxyl groups excluding tert-OH is 1. The summed E-state index contributed by atoms with van der Waals surface area (Å²) < 4.78 is 12.0. The molecule has 3 aliphatic rings. The molecular formula is C29H39N3O6. The summed E-state index contributed by atoms with van der Waals surface area (Å²) >= 11 is 0. The third kappa shape index (κ3) is 3.94. The predicted molar refractivity (Wildman–Crippen MR) is 144 cm³/mol. The number of rotatable bonds is 10. The summed E-state index contributed by atoms with van der Waals surface area (Å²) in [5.74, 6) is -1.91. The van der Waals surface area contributed by atoms with Crippen LogP contribution in [0.2, 0.25) is 0 Å². The molecule has 3 saturated heterocycles. The number of carbonyl (C=O) groups excluding carboxylic acids is 3. The molecule has 3 fully saturated rings. The first-order valence-electron chi connectivity index (χ1n) is 13.1. The quantitative estimate of drug-likeness (QED) is 0.471. The first-order valence-corrected chi connectivity index (χ1v) is 13.1. The summed E-state index contributed by atoms with van der Waals surface area (Å²) in [7, 11) is 3.25. The van der Waals surface area contributed by atoms with Crippen LogP contribution in [0.25, 0.3) is 0 Å². The van der Waals surface area contributed by atoms with Crippen LogP contribution in [0.5, 0.6) is 5.75 Å². The Kier molecular flexibility index (Phi) is 7.47. The number of carbonyl (C=O) groups is 3. The van der Waals surface area contributed by atoms with Crippen LogP contribution in [0, 0.1) is 17.8 Å². The SMILES string of the molecule is C=CCN(C)C(=O)[C@H]1[C@H]2C(=O)N([C@H](C)CO)C(C(=O)N(CC=C)c3ccc(OC)cc3)C23CC(C)[C@]1(C)O3. The molecule has 7 atom stereocenters. The highest BCUT2D eigenvalue weighted by Gasteiger charge is 2.80.